The molecule has 1 aliphatic heterocycles. The van der Waals surface area contributed by atoms with Gasteiger partial charge in [-0.05, 0) is 38.4 Å². The molecule has 2 unspecified atom stereocenters. The number of hydrogen-bond acceptors (Lipinski definition) is 4. The van der Waals surface area contributed by atoms with Crippen LogP contribution in [-0.2, 0) is 0 Å². The lowest BCUT2D eigenvalue weighted by molar-refractivity contribution is 0.0915. The molecule has 3 aromatic rings. The molecular formula is C21H23N5O. The van der Waals surface area contributed by atoms with Gasteiger partial charge in [0.15, 0.2) is 5.82 Å². The Balaban J connectivity index is 1.66. The number of nitrogens with zero attached hydrogens (tertiary/aromatic N) is 3. The zero-order valence-electron chi connectivity index (χ0n) is 15.3. The van der Waals surface area contributed by atoms with Crippen LogP contribution >= 0.6 is 0 Å². The van der Waals surface area contributed by atoms with Gasteiger partial charge in [-0.3, -0.25) is 4.79 Å². The minimum Gasteiger partial charge on any atom is -0.346 e. The summed E-state index contributed by atoms with van der Waals surface area (Å²) in [7, 11) is 0. The van der Waals surface area contributed by atoms with E-state index in [-0.39, 0.29) is 17.8 Å². The van der Waals surface area contributed by atoms with Crippen molar-refractivity contribution in [2.45, 2.75) is 31.8 Å². The van der Waals surface area contributed by atoms with Crippen molar-refractivity contribution in [2.24, 2.45) is 0 Å². The van der Waals surface area contributed by atoms with Crippen molar-refractivity contribution in [3.8, 4) is 17.1 Å². The summed E-state index contributed by atoms with van der Waals surface area (Å²) in [5.74, 6) is 0.635. The Morgan fingerprint density at radius 3 is 2.52 bits per heavy atom. The van der Waals surface area contributed by atoms with Crippen molar-refractivity contribution >= 4 is 5.91 Å². The summed E-state index contributed by atoms with van der Waals surface area (Å²) in [5.41, 5.74) is 1.79. The van der Waals surface area contributed by atoms with Gasteiger partial charge in [-0.25, -0.2) is 9.67 Å². The maximum Gasteiger partial charge on any atom is 0.291 e. The summed E-state index contributed by atoms with van der Waals surface area (Å²) in [6.45, 7) is 3.04. The molecule has 2 aromatic carbocycles. The van der Waals surface area contributed by atoms with E-state index in [2.05, 4.69) is 27.6 Å². The number of carbonyl (C=O) groups is 1. The zero-order valence-corrected chi connectivity index (χ0v) is 15.3. The number of aromatic nitrogens is 3. The summed E-state index contributed by atoms with van der Waals surface area (Å²) in [5, 5.41) is 11.0. The Morgan fingerprint density at radius 1 is 1.11 bits per heavy atom. The first-order chi connectivity index (χ1) is 13.2. The van der Waals surface area contributed by atoms with Crippen LogP contribution in [0, 0.1) is 0 Å². The molecule has 2 heterocycles. The minimum absolute atomic E-state index is 0.151. The van der Waals surface area contributed by atoms with Crippen LogP contribution in [0.4, 0.5) is 0 Å². The second kappa shape index (κ2) is 7.72. The van der Waals surface area contributed by atoms with Crippen LogP contribution in [0.2, 0.25) is 0 Å². The largest absolute Gasteiger partial charge is 0.346 e. The van der Waals surface area contributed by atoms with Gasteiger partial charge < -0.3 is 10.6 Å². The number of hydrogen-bond donors (Lipinski definition) is 2. The quantitative estimate of drug-likeness (QED) is 0.750. The molecule has 2 atom stereocenters. The van der Waals surface area contributed by atoms with Gasteiger partial charge in [0.05, 0.1) is 5.69 Å². The fraction of sp³-hybridized carbons (Fsp3) is 0.286. The zero-order chi connectivity index (χ0) is 18.6. The van der Waals surface area contributed by atoms with Crippen LogP contribution in [0.15, 0.2) is 60.7 Å². The normalized spacial score (nSPS) is 19.6. The number of nitrogens with one attached hydrogen (secondary N) is 2. The van der Waals surface area contributed by atoms with Gasteiger partial charge in [-0.15, -0.1) is 5.10 Å². The van der Waals surface area contributed by atoms with Crippen LogP contribution in [0.5, 0.6) is 0 Å². The predicted octanol–water partition coefficient (Wildman–Crippen LogP) is 2.80. The summed E-state index contributed by atoms with van der Waals surface area (Å²) in [6, 6.07) is 20.1. The third kappa shape index (κ3) is 3.90. The van der Waals surface area contributed by atoms with Crippen LogP contribution in [0.3, 0.4) is 0 Å². The number of carbonyl (C=O) groups excluding carboxylic acids is 1. The van der Waals surface area contributed by atoms with E-state index in [1.165, 1.54) is 0 Å². The lowest BCUT2D eigenvalue weighted by atomic mass is 10.0. The maximum absolute atomic E-state index is 12.8. The maximum atomic E-state index is 12.8. The predicted molar refractivity (Wildman–Crippen MR) is 105 cm³/mol. The molecule has 1 aliphatic rings. The monoisotopic (exact) mass is 361 g/mol. The standard InChI is InChI=1S/C21H23N5O/c1-15-14-17(12-13-22-15)23-21(27)19-24-20(16-8-4-2-5-9-16)26(25-19)18-10-6-3-7-11-18/h2-11,15,17,22H,12-14H2,1H3,(H,23,27). The van der Waals surface area contributed by atoms with E-state index < -0.39 is 0 Å². The molecule has 1 amide bonds. The molecular weight excluding hydrogens is 338 g/mol. The molecule has 27 heavy (non-hydrogen) atoms. The number of para-hydroxylation sites is 1. The van der Waals surface area contributed by atoms with Gasteiger partial charge in [0.2, 0.25) is 5.82 Å². The van der Waals surface area contributed by atoms with Crippen LogP contribution in [0.25, 0.3) is 17.1 Å². The molecule has 4 rings (SSSR count). The Labute approximate surface area is 158 Å². The van der Waals surface area contributed by atoms with Crippen molar-refractivity contribution < 1.29 is 4.79 Å². The molecule has 0 spiro atoms. The summed E-state index contributed by atoms with van der Waals surface area (Å²) in [4.78, 5) is 17.3. The van der Waals surface area contributed by atoms with Gasteiger partial charge in [0, 0.05) is 17.6 Å². The van der Waals surface area contributed by atoms with E-state index in [0.29, 0.717) is 11.9 Å². The summed E-state index contributed by atoms with van der Waals surface area (Å²) < 4.78 is 1.73. The third-order valence-electron chi connectivity index (χ3n) is 4.80. The molecule has 1 saturated heterocycles. The third-order valence-corrected chi connectivity index (χ3v) is 4.80. The van der Waals surface area contributed by atoms with Gasteiger partial charge in [-0.2, -0.15) is 0 Å². The Kier molecular flexibility index (Phi) is 4.98. The van der Waals surface area contributed by atoms with Crippen molar-refractivity contribution in [3.63, 3.8) is 0 Å². The van der Waals surface area contributed by atoms with Crippen LogP contribution < -0.4 is 10.6 Å². The Bertz CT molecular complexity index is 850. The van der Waals surface area contributed by atoms with Crippen molar-refractivity contribution in [2.75, 3.05) is 6.54 Å². The first kappa shape index (κ1) is 17.4. The highest BCUT2D eigenvalue weighted by atomic mass is 16.2. The van der Waals surface area contributed by atoms with E-state index in [1.807, 2.05) is 60.7 Å². The molecule has 1 fully saturated rings. The fourth-order valence-corrected chi connectivity index (χ4v) is 3.44. The minimum atomic E-state index is -0.221. The highest BCUT2D eigenvalue weighted by molar-refractivity contribution is 5.91. The van der Waals surface area contributed by atoms with Crippen molar-refractivity contribution in [1.29, 1.82) is 0 Å². The second-order valence-corrected chi connectivity index (χ2v) is 6.92. The number of benzene rings is 2. The molecule has 1 aromatic heterocycles. The average Bonchev–Trinajstić information content (AvgIpc) is 3.15. The molecule has 2 N–H and O–H groups in total. The molecule has 0 saturated carbocycles. The van der Waals surface area contributed by atoms with E-state index in [9.17, 15) is 4.79 Å². The molecule has 0 radical (unpaired) electrons. The Morgan fingerprint density at radius 2 is 1.81 bits per heavy atom. The summed E-state index contributed by atoms with van der Waals surface area (Å²) >= 11 is 0. The fourth-order valence-electron chi connectivity index (χ4n) is 3.44. The SMILES string of the molecule is CC1CC(NC(=O)c2nc(-c3ccccc3)n(-c3ccccc3)n2)CCN1. The summed E-state index contributed by atoms with van der Waals surface area (Å²) in [6.07, 6.45) is 1.83. The first-order valence-corrected chi connectivity index (χ1v) is 9.33. The van der Waals surface area contributed by atoms with Gasteiger partial charge in [-0.1, -0.05) is 48.5 Å². The van der Waals surface area contributed by atoms with E-state index in [0.717, 1.165) is 30.6 Å². The molecule has 138 valence electrons. The average molecular weight is 361 g/mol. The number of piperidine rings is 1. The topological polar surface area (TPSA) is 71.8 Å². The van der Waals surface area contributed by atoms with Gasteiger partial charge in [0.25, 0.3) is 5.91 Å². The van der Waals surface area contributed by atoms with Gasteiger partial charge >= 0.3 is 0 Å². The van der Waals surface area contributed by atoms with E-state index in [1.54, 1.807) is 4.68 Å². The van der Waals surface area contributed by atoms with E-state index in [4.69, 9.17) is 0 Å². The number of amides is 1. The Hall–Kier alpha value is -2.99. The first-order valence-electron chi connectivity index (χ1n) is 9.33. The lowest BCUT2D eigenvalue weighted by Gasteiger charge is -2.28. The molecule has 6 nitrogen and oxygen atoms in total. The van der Waals surface area contributed by atoms with Crippen LogP contribution in [-0.4, -0.2) is 39.3 Å². The van der Waals surface area contributed by atoms with E-state index >= 15 is 0 Å². The number of rotatable bonds is 4. The van der Waals surface area contributed by atoms with Gasteiger partial charge in [0.1, 0.15) is 0 Å². The van der Waals surface area contributed by atoms with Crippen molar-refractivity contribution in [1.82, 2.24) is 25.4 Å². The molecule has 0 aliphatic carbocycles. The highest BCUT2D eigenvalue weighted by Gasteiger charge is 2.24. The van der Waals surface area contributed by atoms with Crippen LogP contribution in [0.1, 0.15) is 30.4 Å². The molecule has 6 heteroatoms. The highest BCUT2D eigenvalue weighted by Crippen LogP contribution is 2.21. The second-order valence-electron chi connectivity index (χ2n) is 6.92. The lowest BCUT2D eigenvalue weighted by Crippen LogP contribution is -2.46. The van der Waals surface area contributed by atoms with Crippen molar-refractivity contribution in [3.05, 3.63) is 66.5 Å². The molecule has 0 bridgehead atoms. The smallest absolute Gasteiger partial charge is 0.291 e.